The van der Waals surface area contributed by atoms with Crippen molar-refractivity contribution < 1.29 is 14.0 Å². The van der Waals surface area contributed by atoms with Gasteiger partial charge in [-0.2, -0.15) is 0 Å². The first-order chi connectivity index (χ1) is 13.0. The number of para-hydroxylation sites is 1. The lowest BCUT2D eigenvalue weighted by Crippen LogP contribution is -2.56. The van der Waals surface area contributed by atoms with Crippen molar-refractivity contribution in [2.45, 2.75) is 57.4 Å². The van der Waals surface area contributed by atoms with Crippen LogP contribution in [0.3, 0.4) is 0 Å². The maximum absolute atomic E-state index is 13.9. The number of nitrogens with one attached hydrogen (secondary N) is 1. The molecule has 0 unspecified atom stereocenters. The number of amides is 2. The van der Waals surface area contributed by atoms with Crippen molar-refractivity contribution in [2.24, 2.45) is 23.2 Å². The fourth-order valence-corrected chi connectivity index (χ4v) is 6.74. The molecule has 2 amide bonds. The quantitative estimate of drug-likeness (QED) is 0.875. The average Bonchev–Trinajstić information content (AvgIpc) is 3.11. The van der Waals surface area contributed by atoms with Gasteiger partial charge < -0.3 is 10.2 Å². The molecule has 1 aromatic carbocycles. The Bertz CT molecular complexity index is 742. The maximum Gasteiger partial charge on any atom is 0.247 e. The summed E-state index contributed by atoms with van der Waals surface area (Å²) in [6.07, 6.45) is 8.42. The zero-order valence-corrected chi connectivity index (χ0v) is 15.6. The molecular formula is C22H27FN2O2. The molecule has 1 aromatic rings. The highest BCUT2D eigenvalue weighted by Crippen LogP contribution is 2.60. The van der Waals surface area contributed by atoms with Crippen LogP contribution in [0, 0.1) is 29.0 Å². The van der Waals surface area contributed by atoms with Crippen LogP contribution in [0.5, 0.6) is 0 Å². The highest BCUT2D eigenvalue weighted by molar-refractivity contribution is 5.98. The minimum Gasteiger partial charge on any atom is -0.330 e. The monoisotopic (exact) mass is 370 g/mol. The number of carbonyl (C=O) groups is 2. The Morgan fingerprint density at radius 1 is 1.04 bits per heavy atom. The van der Waals surface area contributed by atoms with Crippen molar-refractivity contribution in [1.29, 1.82) is 0 Å². The van der Waals surface area contributed by atoms with Gasteiger partial charge in [0.05, 0.1) is 11.1 Å². The molecule has 5 fully saturated rings. The zero-order chi connectivity index (χ0) is 18.6. The molecule has 144 valence electrons. The Labute approximate surface area is 159 Å². The van der Waals surface area contributed by atoms with Crippen molar-refractivity contribution in [2.75, 3.05) is 11.9 Å². The molecule has 5 aliphatic rings. The topological polar surface area (TPSA) is 49.4 Å². The second kappa shape index (κ2) is 6.32. The van der Waals surface area contributed by atoms with Gasteiger partial charge in [0, 0.05) is 6.54 Å². The van der Waals surface area contributed by atoms with Crippen molar-refractivity contribution in [3.63, 3.8) is 0 Å². The minimum atomic E-state index is -0.467. The highest BCUT2D eigenvalue weighted by Gasteiger charge is 2.56. The standard InChI is InChI=1S/C22H27FN2O2/c23-17-4-1-2-5-18(17)24-20(26)19-6-3-7-25(19)21(27)22-11-14-8-15(12-22)10-16(9-14)13-22/h1-2,4-5,14-16,19H,3,6-13H2,(H,24,26)/t14?,15?,16?,19-,22?/m0/s1. The molecule has 1 N–H and O–H groups in total. The van der Waals surface area contributed by atoms with Crippen LogP contribution in [-0.4, -0.2) is 29.3 Å². The van der Waals surface area contributed by atoms with Crippen LogP contribution in [0.4, 0.5) is 10.1 Å². The third-order valence-electron chi connectivity index (χ3n) is 7.44. The number of nitrogens with zero attached hydrogens (tertiary/aromatic N) is 1. The van der Waals surface area contributed by atoms with Crippen LogP contribution in [-0.2, 0) is 9.59 Å². The van der Waals surface area contributed by atoms with Gasteiger partial charge >= 0.3 is 0 Å². The van der Waals surface area contributed by atoms with Gasteiger partial charge in [-0.05, 0) is 81.3 Å². The Hall–Kier alpha value is -1.91. The number of anilines is 1. The fraction of sp³-hybridized carbons (Fsp3) is 0.636. The summed E-state index contributed by atoms with van der Waals surface area (Å²) in [7, 11) is 0. The number of benzene rings is 1. The summed E-state index contributed by atoms with van der Waals surface area (Å²) >= 11 is 0. The smallest absolute Gasteiger partial charge is 0.247 e. The Balaban J connectivity index is 1.34. The molecule has 0 radical (unpaired) electrons. The molecule has 0 spiro atoms. The van der Waals surface area contributed by atoms with Gasteiger partial charge in [0.1, 0.15) is 11.9 Å². The summed E-state index contributed by atoms with van der Waals surface area (Å²) in [4.78, 5) is 28.3. The molecule has 1 aliphatic heterocycles. The molecule has 4 saturated carbocycles. The molecular weight excluding hydrogens is 343 g/mol. The second-order valence-electron chi connectivity index (χ2n) is 9.32. The third kappa shape index (κ3) is 2.86. The lowest BCUT2D eigenvalue weighted by atomic mass is 9.49. The maximum atomic E-state index is 13.9. The van der Waals surface area contributed by atoms with Crippen molar-refractivity contribution in [3.05, 3.63) is 30.1 Å². The van der Waals surface area contributed by atoms with E-state index in [1.54, 1.807) is 18.2 Å². The van der Waals surface area contributed by atoms with E-state index in [9.17, 15) is 14.0 Å². The van der Waals surface area contributed by atoms with Gasteiger partial charge in [0.2, 0.25) is 11.8 Å². The van der Waals surface area contributed by atoms with Crippen LogP contribution in [0.25, 0.3) is 0 Å². The largest absolute Gasteiger partial charge is 0.330 e. The first-order valence-corrected chi connectivity index (χ1v) is 10.4. The number of halogens is 1. The summed E-state index contributed by atoms with van der Waals surface area (Å²) in [5.41, 5.74) is -0.0353. The summed E-state index contributed by atoms with van der Waals surface area (Å²) in [5.74, 6) is 1.61. The Morgan fingerprint density at radius 3 is 2.30 bits per heavy atom. The molecule has 4 bridgehead atoms. The summed E-state index contributed by atoms with van der Waals surface area (Å²) < 4.78 is 13.9. The molecule has 1 heterocycles. The van der Waals surface area contributed by atoms with Crippen molar-refractivity contribution in [1.82, 2.24) is 4.90 Å². The molecule has 6 rings (SSSR count). The number of carbonyl (C=O) groups excluding carboxylic acids is 2. The second-order valence-corrected chi connectivity index (χ2v) is 9.32. The van der Waals surface area contributed by atoms with Crippen LogP contribution < -0.4 is 5.32 Å². The van der Waals surface area contributed by atoms with E-state index in [1.807, 2.05) is 4.90 Å². The van der Waals surface area contributed by atoms with Crippen LogP contribution in [0.2, 0.25) is 0 Å². The van der Waals surface area contributed by atoms with Gasteiger partial charge in [-0.1, -0.05) is 12.1 Å². The number of rotatable bonds is 3. The Kier molecular flexibility index (Phi) is 4.03. The summed E-state index contributed by atoms with van der Waals surface area (Å²) in [5, 5.41) is 2.70. The van der Waals surface area contributed by atoms with Crippen molar-refractivity contribution >= 4 is 17.5 Å². The molecule has 0 aromatic heterocycles. The Morgan fingerprint density at radius 2 is 1.67 bits per heavy atom. The van der Waals surface area contributed by atoms with E-state index in [2.05, 4.69) is 5.32 Å². The highest BCUT2D eigenvalue weighted by atomic mass is 19.1. The van der Waals surface area contributed by atoms with Crippen LogP contribution in [0.1, 0.15) is 51.4 Å². The number of hydrogen-bond acceptors (Lipinski definition) is 2. The number of hydrogen-bond donors (Lipinski definition) is 1. The molecule has 1 saturated heterocycles. The van der Waals surface area contributed by atoms with E-state index in [-0.39, 0.29) is 22.9 Å². The van der Waals surface area contributed by atoms with Crippen molar-refractivity contribution in [3.8, 4) is 0 Å². The van der Waals surface area contributed by atoms with Crippen LogP contribution >= 0.6 is 0 Å². The first-order valence-electron chi connectivity index (χ1n) is 10.4. The van der Waals surface area contributed by atoms with E-state index in [0.29, 0.717) is 30.7 Å². The van der Waals surface area contributed by atoms with E-state index < -0.39 is 11.9 Å². The fourth-order valence-electron chi connectivity index (χ4n) is 6.74. The third-order valence-corrected chi connectivity index (χ3v) is 7.44. The molecule has 27 heavy (non-hydrogen) atoms. The van der Waals surface area contributed by atoms with E-state index in [1.165, 1.54) is 25.3 Å². The minimum absolute atomic E-state index is 0.191. The van der Waals surface area contributed by atoms with Gasteiger partial charge in [0.25, 0.3) is 0 Å². The predicted molar refractivity (Wildman–Crippen MR) is 100 cm³/mol. The normalized spacial score (nSPS) is 36.9. The SMILES string of the molecule is O=C(Nc1ccccc1F)[C@@H]1CCCN1C(=O)C12CC3CC(CC(C3)C1)C2. The summed E-state index contributed by atoms with van der Waals surface area (Å²) in [6, 6.07) is 5.73. The lowest BCUT2D eigenvalue weighted by Gasteiger charge is -2.56. The average molecular weight is 370 g/mol. The predicted octanol–water partition coefficient (Wildman–Crippen LogP) is 3.97. The van der Waals surface area contributed by atoms with Crippen LogP contribution in [0.15, 0.2) is 24.3 Å². The molecule has 4 nitrogen and oxygen atoms in total. The van der Waals surface area contributed by atoms with E-state index in [4.69, 9.17) is 0 Å². The molecule has 1 atom stereocenters. The van der Waals surface area contributed by atoms with Gasteiger partial charge in [0.15, 0.2) is 0 Å². The number of likely N-dealkylation sites (tertiary alicyclic amines) is 1. The first kappa shape index (κ1) is 17.2. The summed E-state index contributed by atoms with van der Waals surface area (Å²) in [6.45, 7) is 0.649. The van der Waals surface area contributed by atoms with E-state index in [0.717, 1.165) is 25.7 Å². The van der Waals surface area contributed by atoms with Gasteiger partial charge in [-0.3, -0.25) is 9.59 Å². The van der Waals surface area contributed by atoms with Gasteiger partial charge in [-0.15, -0.1) is 0 Å². The zero-order valence-electron chi connectivity index (χ0n) is 15.6. The van der Waals surface area contributed by atoms with E-state index >= 15 is 0 Å². The van der Waals surface area contributed by atoms with Gasteiger partial charge in [-0.25, -0.2) is 4.39 Å². The molecule has 5 heteroatoms. The lowest BCUT2D eigenvalue weighted by molar-refractivity contribution is -0.160. The molecule has 4 aliphatic carbocycles.